The zero-order valence-electron chi connectivity index (χ0n) is 11.6. The Morgan fingerprint density at radius 2 is 1.95 bits per heavy atom. The molecule has 3 nitrogen and oxygen atoms in total. The molecule has 0 aliphatic heterocycles. The van der Waals surface area contributed by atoms with Crippen LogP contribution in [0.2, 0.25) is 5.02 Å². The first-order chi connectivity index (χ1) is 10.0. The average molecular weight is 371 g/mol. The maximum atomic E-state index is 9.95. The topological polar surface area (TPSA) is 41.5 Å². The van der Waals surface area contributed by atoms with Gasteiger partial charge in [0.05, 0.1) is 0 Å². The maximum Gasteiger partial charge on any atom is 0.119 e. The lowest BCUT2D eigenvalue weighted by Gasteiger charge is -2.15. The van der Waals surface area contributed by atoms with Crippen molar-refractivity contribution in [2.75, 3.05) is 18.5 Å². The van der Waals surface area contributed by atoms with Crippen molar-refractivity contribution in [1.82, 2.24) is 0 Å². The number of aliphatic hydroxyl groups is 1. The van der Waals surface area contributed by atoms with Gasteiger partial charge in [-0.3, -0.25) is 0 Å². The fraction of sp³-hybridized carbons (Fsp3) is 0.250. The number of rotatable bonds is 6. The summed E-state index contributed by atoms with van der Waals surface area (Å²) in [5.41, 5.74) is 2.12. The zero-order chi connectivity index (χ0) is 15.2. The minimum Gasteiger partial charge on any atom is -0.491 e. The summed E-state index contributed by atoms with van der Waals surface area (Å²) in [6, 6.07) is 13.0. The highest BCUT2D eigenvalue weighted by Crippen LogP contribution is 2.20. The molecule has 5 heteroatoms. The van der Waals surface area contributed by atoms with E-state index in [0.717, 1.165) is 15.7 Å². The van der Waals surface area contributed by atoms with Crippen molar-refractivity contribution in [1.29, 1.82) is 0 Å². The second-order valence-corrected chi connectivity index (χ2v) is 6.11. The van der Waals surface area contributed by atoms with Gasteiger partial charge in [-0.2, -0.15) is 0 Å². The largest absolute Gasteiger partial charge is 0.491 e. The van der Waals surface area contributed by atoms with E-state index in [1.807, 2.05) is 25.1 Å². The molecule has 0 heterocycles. The molecular formula is C16H17BrClNO2. The van der Waals surface area contributed by atoms with E-state index in [1.165, 1.54) is 0 Å². The predicted octanol–water partition coefficient (Wildman–Crippen LogP) is 4.26. The lowest BCUT2D eigenvalue weighted by Crippen LogP contribution is -2.26. The summed E-state index contributed by atoms with van der Waals surface area (Å²) in [6.45, 7) is 2.67. The third kappa shape index (κ3) is 5.23. The molecule has 21 heavy (non-hydrogen) atoms. The van der Waals surface area contributed by atoms with Crippen molar-refractivity contribution in [2.45, 2.75) is 13.0 Å². The van der Waals surface area contributed by atoms with Crippen LogP contribution >= 0.6 is 27.5 Å². The van der Waals surface area contributed by atoms with Crippen LogP contribution in [0, 0.1) is 6.92 Å². The van der Waals surface area contributed by atoms with Crippen LogP contribution in [-0.4, -0.2) is 24.4 Å². The van der Waals surface area contributed by atoms with E-state index in [4.69, 9.17) is 16.3 Å². The summed E-state index contributed by atoms with van der Waals surface area (Å²) in [5.74, 6) is 0.693. The minimum atomic E-state index is -0.594. The average Bonchev–Trinajstić information content (AvgIpc) is 2.46. The quantitative estimate of drug-likeness (QED) is 0.798. The molecule has 0 aliphatic carbocycles. The number of halogens is 2. The van der Waals surface area contributed by atoms with Crippen LogP contribution < -0.4 is 10.1 Å². The van der Waals surface area contributed by atoms with Gasteiger partial charge in [-0.05, 0) is 55.0 Å². The van der Waals surface area contributed by atoms with Crippen molar-refractivity contribution < 1.29 is 9.84 Å². The molecular weight excluding hydrogens is 354 g/mol. The SMILES string of the molecule is Cc1cc(Br)ccc1NCC(O)COc1ccc(Cl)cc1. The summed E-state index contributed by atoms with van der Waals surface area (Å²) < 4.78 is 6.54. The Bertz CT molecular complexity index is 589. The summed E-state index contributed by atoms with van der Waals surface area (Å²) in [5, 5.41) is 13.8. The van der Waals surface area contributed by atoms with E-state index in [9.17, 15) is 5.11 Å². The highest BCUT2D eigenvalue weighted by atomic mass is 79.9. The maximum absolute atomic E-state index is 9.95. The van der Waals surface area contributed by atoms with Crippen molar-refractivity contribution in [3.8, 4) is 5.75 Å². The summed E-state index contributed by atoms with van der Waals surface area (Å²) in [4.78, 5) is 0. The van der Waals surface area contributed by atoms with E-state index in [2.05, 4.69) is 21.2 Å². The summed E-state index contributed by atoms with van der Waals surface area (Å²) in [7, 11) is 0. The monoisotopic (exact) mass is 369 g/mol. The summed E-state index contributed by atoms with van der Waals surface area (Å²) >= 11 is 9.23. The van der Waals surface area contributed by atoms with Gasteiger partial charge in [0.2, 0.25) is 0 Å². The smallest absolute Gasteiger partial charge is 0.119 e. The number of nitrogens with one attached hydrogen (secondary N) is 1. The van der Waals surface area contributed by atoms with Gasteiger partial charge < -0.3 is 15.2 Å². The Kier molecular flexibility index (Phi) is 5.91. The molecule has 0 saturated heterocycles. The summed E-state index contributed by atoms with van der Waals surface area (Å²) in [6.07, 6.45) is -0.594. The molecule has 0 aromatic heterocycles. The van der Waals surface area contributed by atoms with Crippen molar-refractivity contribution in [3.05, 3.63) is 57.5 Å². The van der Waals surface area contributed by atoms with Gasteiger partial charge in [-0.15, -0.1) is 0 Å². The first-order valence-electron chi connectivity index (χ1n) is 6.61. The molecule has 0 saturated carbocycles. The molecule has 2 aromatic carbocycles. The van der Waals surface area contributed by atoms with Crippen molar-refractivity contribution in [2.24, 2.45) is 0 Å². The minimum absolute atomic E-state index is 0.226. The Labute approximate surface area is 138 Å². The standard InChI is InChI=1S/C16H17BrClNO2/c1-11-8-12(17)2-7-16(11)19-9-14(20)10-21-15-5-3-13(18)4-6-15/h2-8,14,19-20H,9-10H2,1H3. The number of anilines is 1. The Morgan fingerprint density at radius 1 is 1.24 bits per heavy atom. The van der Waals surface area contributed by atoms with E-state index in [0.29, 0.717) is 17.3 Å². The van der Waals surface area contributed by atoms with Gasteiger partial charge >= 0.3 is 0 Å². The van der Waals surface area contributed by atoms with Crippen LogP contribution in [0.25, 0.3) is 0 Å². The van der Waals surface area contributed by atoms with Crippen molar-refractivity contribution >= 4 is 33.2 Å². The molecule has 2 rings (SSSR count). The third-order valence-corrected chi connectivity index (χ3v) is 3.72. The van der Waals surface area contributed by atoms with Crippen LogP contribution in [0.5, 0.6) is 5.75 Å². The molecule has 0 amide bonds. The van der Waals surface area contributed by atoms with Gasteiger partial charge in [0.1, 0.15) is 18.5 Å². The predicted molar refractivity (Wildman–Crippen MR) is 90.3 cm³/mol. The first-order valence-corrected chi connectivity index (χ1v) is 7.78. The fourth-order valence-corrected chi connectivity index (χ4v) is 2.44. The van der Waals surface area contributed by atoms with E-state index in [-0.39, 0.29) is 6.61 Å². The van der Waals surface area contributed by atoms with Gasteiger partial charge in [0.15, 0.2) is 0 Å². The van der Waals surface area contributed by atoms with Crippen LogP contribution in [0.3, 0.4) is 0 Å². The number of ether oxygens (including phenoxy) is 1. The number of aliphatic hydroxyl groups excluding tert-OH is 1. The highest BCUT2D eigenvalue weighted by molar-refractivity contribution is 9.10. The van der Waals surface area contributed by atoms with Crippen LogP contribution in [-0.2, 0) is 0 Å². The molecule has 112 valence electrons. The molecule has 0 bridgehead atoms. The van der Waals surface area contributed by atoms with E-state index < -0.39 is 6.10 Å². The Hall–Kier alpha value is -1.23. The van der Waals surface area contributed by atoms with Crippen molar-refractivity contribution in [3.63, 3.8) is 0 Å². The van der Waals surface area contributed by atoms with Gasteiger partial charge in [0, 0.05) is 21.7 Å². The van der Waals surface area contributed by atoms with E-state index >= 15 is 0 Å². The third-order valence-electron chi connectivity index (χ3n) is 2.97. The van der Waals surface area contributed by atoms with Crippen LogP contribution in [0.4, 0.5) is 5.69 Å². The lowest BCUT2D eigenvalue weighted by molar-refractivity contribution is 0.117. The molecule has 0 fully saturated rings. The number of benzene rings is 2. The molecule has 1 unspecified atom stereocenters. The molecule has 2 aromatic rings. The Balaban J connectivity index is 1.79. The highest BCUT2D eigenvalue weighted by Gasteiger charge is 2.06. The second kappa shape index (κ2) is 7.69. The van der Waals surface area contributed by atoms with Crippen LogP contribution in [0.1, 0.15) is 5.56 Å². The van der Waals surface area contributed by atoms with Gasteiger partial charge in [-0.1, -0.05) is 27.5 Å². The molecule has 0 radical (unpaired) electrons. The Morgan fingerprint density at radius 3 is 2.62 bits per heavy atom. The number of aryl methyl sites for hydroxylation is 1. The molecule has 0 spiro atoms. The fourth-order valence-electron chi connectivity index (χ4n) is 1.84. The molecule has 0 aliphatic rings. The zero-order valence-corrected chi connectivity index (χ0v) is 14.0. The van der Waals surface area contributed by atoms with E-state index in [1.54, 1.807) is 24.3 Å². The second-order valence-electron chi connectivity index (χ2n) is 4.76. The molecule has 1 atom stereocenters. The lowest BCUT2D eigenvalue weighted by atomic mass is 10.2. The van der Waals surface area contributed by atoms with Gasteiger partial charge in [-0.25, -0.2) is 0 Å². The number of hydrogen-bond donors (Lipinski definition) is 2. The molecule has 2 N–H and O–H groups in total. The number of hydrogen-bond acceptors (Lipinski definition) is 3. The van der Waals surface area contributed by atoms with Gasteiger partial charge in [0.25, 0.3) is 0 Å². The normalized spacial score (nSPS) is 12.0. The first kappa shape index (κ1) is 16.1. The van der Waals surface area contributed by atoms with Crippen LogP contribution in [0.15, 0.2) is 46.9 Å².